The molecule has 1 saturated heterocycles. The third-order valence-electron chi connectivity index (χ3n) is 6.00. The summed E-state index contributed by atoms with van der Waals surface area (Å²) in [6, 6.07) is 2.94. The number of carbonyl (C=O) groups excluding carboxylic acids is 1. The van der Waals surface area contributed by atoms with Crippen LogP contribution in [-0.4, -0.2) is 50.1 Å². The molecule has 3 aromatic heterocycles. The molecular formula is C24H26ClF3N4O4S. The predicted molar refractivity (Wildman–Crippen MR) is 133 cm³/mol. The van der Waals surface area contributed by atoms with E-state index in [9.17, 15) is 22.0 Å². The molecule has 0 saturated carbocycles. The predicted octanol–water partition coefficient (Wildman–Crippen LogP) is 5.49. The molecule has 8 nitrogen and oxygen atoms in total. The number of fused-ring (bicyclic) bond motifs is 1. The van der Waals surface area contributed by atoms with E-state index in [1.54, 1.807) is 22.9 Å². The summed E-state index contributed by atoms with van der Waals surface area (Å²) < 4.78 is 62.3. The molecule has 1 aliphatic rings. The van der Waals surface area contributed by atoms with E-state index in [4.69, 9.17) is 21.1 Å². The average Bonchev–Trinajstić information content (AvgIpc) is 3.23. The first-order valence-electron chi connectivity index (χ1n) is 11.5. The first-order valence-corrected chi connectivity index (χ1v) is 13.4. The van der Waals surface area contributed by atoms with Crippen molar-refractivity contribution in [2.24, 2.45) is 0 Å². The summed E-state index contributed by atoms with van der Waals surface area (Å²) in [7, 11) is -0.857. The molecule has 37 heavy (non-hydrogen) atoms. The second-order valence-corrected chi connectivity index (χ2v) is 11.6. The van der Waals surface area contributed by atoms with Gasteiger partial charge in [-0.05, 0) is 0 Å². The summed E-state index contributed by atoms with van der Waals surface area (Å²) in [5.74, 6) is 0.530. The molecule has 1 amide bonds. The zero-order chi connectivity index (χ0) is 27.0. The van der Waals surface area contributed by atoms with Gasteiger partial charge in [-0.25, -0.2) is 4.98 Å². The van der Waals surface area contributed by atoms with Crippen molar-refractivity contribution in [1.82, 2.24) is 19.7 Å². The van der Waals surface area contributed by atoms with Crippen LogP contribution in [0.5, 0.6) is 17.4 Å². The number of alkyl halides is 3. The molecule has 0 unspecified atom stereocenters. The maximum absolute atomic E-state index is 13.0. The number of amides is 1. The number of pyridine rings is 2. The van der Waals surface area contributed by atoms with Gasteiger partial charge in [0.1, 0.15) is 0 Å². The Morgan fingerprint density at radius 1 is 1.27 bits per heavy atom. The van der Waals surface area contributed by atoms with Crippen molar-refractivity contribution >= 4 is 33.8 Å². The second kappa shape index (κ2) is 10.6. The molecule has 13 heteroatoms. The number of ether oxygens (including phenoxy) is 2. The SMILES string of the molecule is CC(C)c1cc2nc(C(=O)NC3(C)CC[S-](#[O+])CC3)cn2cc1Oc1ncc(Cl)cc1OCC(F)(F)F. The average molecular weight is 559 g/mol. The number of rotatable bonds is 7. The van der Waals surface area contributed by atoms with E-state index in [2.05, 4.69) is 15.3 Å². The number of aromatic nitrogens is 3. The van der Waals surface area contributed by atoms with Crippen LogP contribution in [0.25, 0.3) is 5.65 Å². The van der Waals surface area contributed by atoms with Crippen LogP contribution in [0.3, 0.4) is 0 Å². The minimum absolute atomic E-state index is 0.0529. The van der Waals surface area contributed by atoms with Gasteiger partial charge < -0.3 is 4.74 Å². The number of hydrogen-bond donors (Lipinski definition) is 1. The van der Waals surface area contributed by atoms with Crippen LogP contribution in [0.1, 0.15) is 55.6 Å². The molecule has 4 rings (SSSR count). The maximum atomic E-state index is 13.0. The molecule has 200 valence electrons. The summed E-state index contributed by atoms with van der Waals surface area (Å²) in [4.78, 5) is 21.4. The molecule has 4 heterocycles. The van der Waals surface area contributed by atoms with E-state index in [1.165, 1.54) is 12.3 Å². The van der Waals surface area contributed by atoms with Crippen LogP contribution in [0, 0.1) is 0 Å². The van der Waals surface area contributed by atoms with E-state index in [0.717, 1.165) is 0 Å². The number of halogens is 4. The van der Waals surface area contributed by atoms with Gasteiger partial charge in [-0.2, -0.15) is 13.2 Å². The number of hydrogen-bond acceptors (Lipinski definition) is 6. The Morgan fingerprint density at radius 3 is 2.62 bits per heavy atom. The van der Waals surface area contributed by atoms with E-state index >= 15 is 0 Å². The van der Waals surface area contributed by atoms with Crippen LogP contribution in [0.4, 0.5) is 13.2 Å². The number of carbonyl (C=O) groups is 1. The van der Waals surface area contributed by atoms with Crippen molar-refractivity contribution < 1.29 is 31.5 Å². The van der Waals surface area contributed by atoms with Gasteiger partial charge in [-0.15, -0.1) is 0 Å². The molecule has 0 bridgehead atoms. The Kier molecular flexibility index (Phi) is 7.82. The van der Waals surface area contributed by atoms with E-state index < -0.39 is 29.0 Å². The Hall–Kier alpha value is -2.70. The first kappa shape index (κ1) is 27.3. The molecule has 1 aliphatic heterocycles. The van der Waals surface area contributed by atoms with Gasteiger partial charge in [0.2, 0.25) is 0 Å². The summed E-state index contributed by atoms with van der Waals surface area (Å²) in [6.45, 7) is 4.23. The van der Waals surface area contributed by atoms with Crippen LogP contribution in [0.15, 0.2) is 30.7 Å². The fraction of sp³-hybridized carbons (Fsp3) is 0.458. The molecule has 3 aromatic rings. The van der Waals surface area contributed by atoms with Crippen molar-refractivity contribution in [1.29, 1.82) is 0 Å². The summed E-state index contributed by atoms with van der Waals surface area (Å²) >= 11 is 5.90. The minimum Gasteiger partial charge on any atom is -0.478 e. The van der Waals surface area contributed by atoms with Crippen LogP contribution in [-0.2, 0) is 14.7 Å². The molecular weight excluding hydrogens is 533 g/mol. The zero-order valence-electron chi connectivity index (χ0n) is 20.4. The van der Waals surface area contributed by atoms with Crippen molar-refractivity contribution in [3.63, 3.8) is 0 Å². The topological polar surface area (TPSA) is 97.7 Å². The molecule has 1 N–H and O–H groups in total. The Bertz CT molecular complexity index is 1390. The smallest absolute Gasteiger partial charge is 0.478 e. The Labute approximate surface area is 218 Å². The fourth-order valence-electron chi connectivity index (χ4n) is 3.90. The van der Waals surface area contributed by atoms with E-state index in [0.29, 0.717) is 41.3 Å². The summed E-state index contributed by atoms with van der Waals surface area (Å²) in [6.07, 6.45) is 1.04. The Morgan fingerprint density at radius 2 is 1.97 bits per heavy atom. The standard InChI is InChI=1S/C24H26ClF3N4O4S/c1-14(2)16-9-20-30-17(21(33)31-23(3)4-6-37(34)7-5-23)11-32(20)12-19(16)36-22-18(8-15(25)10-29-22)35-13-24(26,27)28/h8-12,14H,4-7,13H2,1-3H3,(H,31,33). The second-order valence-electron chi connectivity index (χ2n) is 9.46. The van der Waals surface area contributed by atoms with Crippen LogP contribution < -0.4 is 14.8 Å². The molecule has 0 aliphatic carbocycles. The molecule has 0 spiro atoms. The number of nitrogens with one attached hydrogen (secondary N) is 1. The summed E-state index contributed by atoms with van der Waals surface area (Å²) in [5, 5.41) is 3.10. The normalized spacial score (nSPS) is 16.2. The third-order valence-corrected chi connectivity index (χ3v) is 7.53. The number of nitrogens with zero attached hydrogens (tertiary/aromatic N) is 3. The fourth-order valence-corrected chi connectivity index (χ4v) is 5.60. The quantitative estimate of drug-likeness (QED) is 0.306. The molecule has 1 fully saturated rings. The van der Waals surface area contributed by atoms with Gasteiger partial charge in [0, 0.05) is 12.3 Å². The van der Waals surface area contributed by atoms with E-state index in [-0.39, 0.29) is 34.2 Å². The first-order chi connectivity index (χ1) is 17.3. The minimum atomic E-state index is -4.55. The van der Waals surface area contributed by atoms with Gasteiger partial charge in [-0.3, -0.25) is 0 Å². The molecule has 0 aromatic carbocycles. The van der Waals surface area contributed by atoms with Gasteiger partial charge >= 0.3 is 135 Å². The van der Waals surface area contributed by atoms with Crippen LogP contribution in [0.2, 0.25) is 5.02 Å². The van der Waals surface area contributed by atoms with Gasteiger partial charge in [0.05, 0.1) is 5.02 Å². The van der Waals surface area contributed by atoms with E-state index in [1.807, 2.05) is 20.8 Å². The molecule has 0 radical (unpaired) electrons. The summed E-state index contributed by atoms with van der Waals surface area (Å²) in [5.41, 5.74) is 0.920. The number of imidazole rings is 1. The van der Waals surface area contributed by atoms with Crippen molar-refractivity contribution in [3.05, 3.63) is 47.0 Å². The monoisotopic (exact) mass is 558 g/mol. The van der Waals surface area contributed by atoms with Gasteiger partial charge in [0.25, 0.3) is 5.88 Å². The van der Waals surface area contributed by atoms with Gasteiger partial charge in [-0.1, -0.05) is 25.4 Å². The van der Waals surface area contributed by atoms with Gasteiger partial charge in [0.15, 0.2) is 12.4 Å². The Balaban J connectivity index is 1.63. The van der Waals surface area contributed by atoms with Crippen molar-refractivity contribution in [2.45, 2.75) is 51.2 Å². The van der Waals surface area contributed by atoms with Crippen molar-refractivity contribution in [2.75, 3.05) is 18.1 Å². The van der Waals surface area contributed by atoms with Crippen molar-refractivity contribution in [3.8, 4) is 17.4 Å². The third kappa shape index (κ3) is 6.79. The molecule has 0 atom stereocenters. The van der Waals surface area contributed by atoms with Crippen LogP contribution >= 0.6 is 11.6 Å². The zero-order valence-corrected chi connectivity index (χ0v) is 22.0.